The first-order valence-corrected chi connectivity index (χ1v) is 4.66. The third kappa shape index (κ3) is 2.67. The van der Waals surface area contributed by atoms with Gasteiger partial charge in [0.1, 0.15) is 0 Å². The van der Waals surface area contributed by atoms with Crippen molar-refractivity contribution in [3.05, 3.63) is 0 Å². The van der Waals surface area contributed by atoms with Crippen LogP contribution in [0.15, 0.2) is 0 Å². The molecule has 1 aliphatic rings. The highest BCUT2D eigenvalue weighted by Gasteiger charge is 2.36. The van der Waals surface area contributed by atoms with E-state index in [1.54, 1.807) is 7.11 Å². The smallest absolute Gasteiger partial charge is 0.310 e. The zero-order valence-corrected chi connectivity index (χ0v) is 8.60. The lowest BCUT2D eigenvalue weighted by molar-refractivity contribution is -0.143. The Bertz CT molecular complexity index is 197. The number of methoxy groups -OCH3 is 1. The van der Waals surface area contributed by atoms with E-state index in [0.29, 0.717) is 19.8 Å². The average Bonchev–Trinajstić information content (AvgIpc) is 2.62. The molecular weight excluding hydrogens is 186 g/mol. The summed E-state index contributed by atoms with van der Waals surface area (Å²) < 4.78 is 10.1. The Labute approximate surface area is 83.6 Å². The monoisotopic (exact) mass is 203 g/mol. The van der Waals surface area contributed by atoms with E-state index >= 15 is 0 Å². The molecule has 0 aliphatic carbocycles. The maximum Gasteiger partial charge on any atom is 0.310 e. The van der Waals surface area contributed by atoms with Crippen molar-refractivity contribution in [3.8, 4) is 0 Å². The van der Waals surface area contributed by atoms with Gasteiger partial charge in [0.25, 0.3) is 0 Å². The number of hydrogen-bond donors (Lipinski definition) is 1. The van der Waals surface area contributed by atoms with Gasteiger partial charge in [0.15, 0.2) is 0 Å². The maximum absolute atomic E-state index is 10.9. The number of aliphatic carboxylic acids is 1. The fraction of sp³-hybridized carbons (Fsp3) is 0.889. The second-order valence-corrected chi connectivity index (χ2v) is 3.52. The Kier molecular flexibility index (Phi) is 4.31. The molecule has 0 bridgehead atoms. The van der Waals surface area contributed by atoms with Gasteiger partial charge in [-0.3, -0.25) is 9.69 Å². The number of rotatable bonds is 5. The summed E-state index contributed by atoms with van der Waals surface area (Å²) in [4.78, 5) is 12.8. The van der Waals surface area contributed by atoms with Crippen LogP contribution in [-0.2, 0) is 14.3 Å². The van der Waals surface area contributed by atoms with Crippen molar-refractivity contribution in [1.29, 1.82) is 0 Å². The van der Waals surface area contributed by atoms with Crippen LogP contribution in [-0.4, -0.2) is 62.5 Å². The molecule has 0 spiro atoms. The van der Waals surface area contributed by atoms with Crippen LogP contribution in [0.1, 0.15) is 0 Å². The summed E-state index contributed by atoms with van der Waals surface area (Å²) in [5.74, 6) is -1.19. The first-order chi connectivity index (χ1) is 6.66. The van der Waals surface area contributed by atoms with Crippen molar-refractivity contribution < 1.29 is 19.4 Å². The summed E-state index contributed by atoms with van der Waals surface area (Å²) in [7, 11) is 3.53. The topological polar surface area (TPSA) is 59.0 Å². The molecule has 14 heavy (non-hydrogen) atoms. The predicted octanol–water partition coefficient (Wildman–Crippen LogP) is -0.336. The Balaban J connectivity index is 2.44. The van der Waals surface area contributed by atoms with E-state index in [2.05, 4.69) is 0 Å². The SMILES string of the molecule is COCCN(C)C1COCC1C(=O)O. The third-order valence-electron chi connectivity index (χ3n) is 2.58. The highest BCUT2D eigenvalue weighted by molar-refractivity contribution is 5.71. The molecule has 1 N–H and O–H groups in total. The number of hydrogen-bond acceptors (Lipinski definition) is 4. The molecule has 0 aromatic heterocycles. The first-order valence-electron chi connectivity index (χ1n) is 4.66. The Morgan fingerprint density at radius 2 is 2.36 bits per heavy atom. The molecule has 1 saturated heterocycles. The van der Waals surface area contributed by atoms with Crippen LogP contribution in [0.5, 0.6) is 0 Å². The highest BCUT2D eigenvalue weighted by Crippen LogP contribution is 2.18. The maximum atomic E-state index is 10.9. The Morgan fingerprint density at radius 3 is 2.93 bits per heavy atom. The zero-order chi connectivity index (χ0) is 10.6. The van der Waals surface area contributed by atoms with E-state index in [1.807, 2.05) is 11.9 Å². The van der Waals surface area contributed by atoms with Gasteiger partial charge in [-0.1, -0.05) is 0 Å². The second kappa shape index (κ2) is 5.29. The van der Waals surface area contributed by atoms with Crippen LogP contribution in [0.3, 0.4) is 0 Å². The lowest BCUT2D eigenvalue weighted by Crippen LogP contribution is -2.42. The van der Waals surface area contributed by atoms with Gasteiger partial charge in [-0.25, -0.2) is 0 Å². The van der Waals surface area contributed by atoms with Crippen molar-refractivity contribution in [1.82, 2.24) is 4.90 Å². The molecule has 1 aliphatic heterocycles. The van der Waals surface area contributed by atoms with Crippen LogP contribution in [0, 0.1) is 5.92 Å². The van der Waals surface area contributed by atoms with Crippen LogP contribution in [0.4, 0.5) is 0 Å². The molecule has 0 aromatic rings. The molecule has 82 valence electrons. The standard InChI is InChI=1S/C9H17NO4/c1-10(3-4-13-2)8-6-14-5-7(8)9(11)12/h7-8H,3-6H2,1-2H3,(H,11,12). The molecule has 1 heterocycles. The van der Waals surface area contributed by atoms with Crippen molar-refractivity contribution in [3.63, 3.8) is 0 Å². The highest BCUT2D eigenvalue weighted by atomic mass is 16.5. The summed E-state index contributed by atoms with van der Waals surface area (Å²) in [6.07, 6.45) is 0. The largest absolute Gasteiger partial charge is 0.481 e. The molecule has 2 unspecified atom stereocenters. The minimum absolute atomic E-state index is 0.0253. The Morgan fingerprint density at radius 1 is 1.64 bits per heavy atom. The quantitative estimate of drug-likeness (QED) is 0.662. The minimum Gasteiger partial charge on any atom is -0.481 e. The fourth-order valence-corrected chi connectivity index (χ4v) is 1.61. The zero-order valence-electron chi connectivity index (χ0n) is 8.60. The molecule has 1 rings (SSSR count). The molecule has 0 aromatic carbocycles. The number of ether oxygens (including phenoxy) is 2. The molecule has 5 nitrogen and oxygen atoms in total. The van der Waals surface area contributed by atoms with Crippen LogP contribution >= 0.6 is 0 Å². The summed E-state index contributed by atoms with van der Waals surface area (Å²) in [6, 6.07) is -0.0253. The lowest BCUT2D eigenvalue weighted by Gasteiger charge is -2.25. The molecule has 5 heteroatoms. The summed E-state index contributed by atoms with van der Waals surface area (Å²) in [5, 5.41) is 8.92. The number of carbonyl (C=O) groups is 1. The second-order valence-electron chi connectivity index (χ2n) is 3.52. The summed E-state index contributed by atoms with van der Waals surface area (Å²) in [5.41, 5.74) is 0. The molecule has 0 saturated carbocycles. The predicted molar refractivity (Wildman–Crippen MR) is 50.2 cm³/mol. The summed E-state index contributed by atoms with van der Waals surface area (Å²) in [6.45, 7) is 2.15. The van der Waals surface area contributed by atoms with Gasteiger partial charge in [-0.2, -0.15) is 0 Å². The van der Waals surface area contributed by atoms with E-state index in [-0.39, 0.29) is 6.04 Å². The van der Waals surface area contributed by atoms with Gasteiger partial charge < -0.3 is 14.6 Å². The van der Waals surface area contributed by atoms with Crippen LogP contribution < -0.4 is 0 Å². The van der Waals surface area contributed by atoms with E-state index in [0.717, 1.165) is 6.54 Å². The van der Waals surface area contributed by atoms with Gasteiger partial charge in [-0.15, -0.1) is 0 Å². The van der Waals surface area contributed by atoms with Crippen LogP contribution in [0.2, 0.25) is 0 Å². The minimum atomic E-state index is -0.781. The van der Waals surface area contributed by atoms with E-state index in [9.17, 15) is 4.79 Å². The van der Waals surface area contributed by atoms with Crippen molar-refractivity contribution >= 4 is 5.97 Å². The van der Waals surface area contributed by atoms with Crippen molar-refractivity contribution in [2.75, 3.05) is 40.5 Å². The number of likely N-dealkylation sites (N-methyl/N-ethyl adjacent to an activating group) is 1. The van der Waals surface area contributed by atoms with Crippen LogP contribution in [0.25, 0.3) is 0 Å². The van der Waals surface area contributed by atoms with E-state index in [4.69, 9.17) is 14.6 Å². The lowest BCUT2D eigenvalue weighted by atomic mass is 10.0. The van der Waals surface area contributed by atoms with Gasteiger partial charge >= 0.3 is 5.97 Å². The number of nitrogens with zero attached hydrogens (tertiary/aromatic N) is 1. The average molecular weight is 203 g/mol. The number of carboxylic acids is 1. The third-order valence-corrected chi connectivity index (χ3v) is 2.58. The number of carboxylic acid groups (broad SMARTS) is 1. The molecule has 2 atom stereocenters. The van der Waals surface area contributed by atoms with Gasteiger partial charge in [0.2, 0.25) is 0 Å². The molecule has 0 radical (unpaired) electrons. The van der Waals surface area contributed by atoms with Crippen molar-refractivity contribution in [2.45, 2.75) is 6.04 Å². The first kappa shape index (κ1) is 11.4. The molecular formula is C9H17NO4. The van der Waals surface area contributed by atoms with E-state index in [1.165, 1.54) is 0 Å². The Hall–Kier alpha value is -0.650. The molecule has 0 amide bonds. The van der Waals surface area contributed by atoms with Gasteiger partial charge in [0.05, 0.1) is 25.7 Å². The molecule has 1 fully saturated rings. The summed E-state index contributed by atoms with van der Waals surface area (Å²) >= 11 is 0. The van der Waals surface area contributed by atoms with Gasteiger partial charge in [0, 0.05) is 19.7 Å². The fourth-order valence-electron chi connectivity index (χ4n) is 1.61. The van der Waals surface area contributed by atoms with Crippen molar-refractivity contribution in [2.24, 2.45) is 5.92 Å². The van der Waals surface area contributed by atoms with Gasteiger partial charge in [-0.05, 0) is 7.05 Å². The normalized spacial score (nSPS) is 27.1. The van der Waals surface area contributed by atoms with E-state index < -0.39 is 11.9 Å².